The third kappa shape index (κ3) is 2.71. The first-order valence-electron chi connectivity index (χ1n) is 8.61. The average Bonchev–Trinajstić information content (AvgIpc) is 3.16. The van der Waals surface area contributed by atoms with Gasteiger partial charge in [0.25, 0.3) is 0 Å². The lowest BCUT2D eigenvalue weighted by atomic mass is 9.98. The first kappa shape index (κ1) is 15.0. The number of rotatable bonds is 2. The largest absolute Gasteiger partial charge is 0.346 e. The number of thioether (sulfide) groups is 1. The average molecular weight is 349 g/mol. The normalized spacial score (nSPS) is 17.4. The van der Waals surface area contributed by atoms with Crippen LogP contribution in [0.4, 0.5) is 5.82 Å². The zero-order chi connectivity index (χ0) is 16.6. The second-order valence-electron chi connectivity index (χ2n) is 6.38. The summed E-state index contributed by atoms with van der Waals surface area (Å²) in [5.41, 5.74) is 5.09. The van der Waals surface area contributed by atoms with Crippen LogP contribution in [-0.4, -0.2) is 33.8 Å². The standard InChI is InChI=1S/C19H19N5S/c1-2-14(9-15-10-20-5-3-13(1)15)17-11-24(7-8-25-17)19-16-4-6-21-18(16)22-12-23-19/h1-2,4,6,9,11-12,20H,3,5,7-8,10H2,(H,21,22,23). The minimum absolute atomic E-state index is 0.887. The summed E-state index contributed by atoms with van der Waals surface area (Å²) >= 11 is 1.92. The van der Waals surface area contributed by atoms with E-state index in [0.29, 0.717) is 0 Å². The van der Waals surface area contributed by atoms with Crippen molar-refractivity contribution in [1.82, 2.24) is 20.3 Å². The van der Waals surface area contributed by atoms with Gasteiger partial charge in [0.05, 0.1) is 5.39 Å². The second-order valence-corrected chi connectivity index (χ2v) is 7.52. The highest BCUT2D eigenvalue weighted by molar-refractivity contribution is 8.08. The molecule has 0 saturated carbocycles. The molecular formula is C19H19N5S. The van der Waals surface area contributed by atoms with Gasteiger partial charge >= 0.3 is 0 Å². The molecule has 126 valence electrons. The first-order chi connectivity index (χ1) is 12.4. The Morgan fingerprint density at radius 3 is 3.12 bits per heavy atom. The minimum Gasteiger partial charge on any atom is -0.346 e. The summed E-state index contributed by atoms with van der Waals surface area (Å²) < 4.78 is 0. The highest BCUT2D eigenvalue weighted by atomic mass is 32.2. The molecule has 0 bridgehead atoms. The summed E-state index contributed by atoms with van der Waals surface area (Å²) in [7, 11) is 0. The van der Waals surface area contributed by atoms with E-state index >= 15 is 0 Å². The van der Waals surface area contributed by atoms with Gasteiger partial charge in [0, 0.05) is 36.1 Å². The minimum atomic E-state index is 0.887. The molecule has 3 aromatic rings. The van der Waals surface area contributed by atoms with Crippen molar-refractivity contribution >= 4 is 33.5 Å². The molecule has 0 saturated heterocycles. The van der Waals surface area contributed by atoms with Crippen LogP contribution in [0.15, 0.2) is 43.0 Å². The predicted octanol–water partition coefficient (Wildman–Crippen LogP) is 3.16. The highest BCUT2D eigenvalue weighted by Gasteiger charge is 2.18. The van der Waals surface area contributed by atoms with E-state index in [9.17, 15) is 0 Å². The zero-order valence-electron chi connectivity index (χ0n) is 13.8. The summed E-state index contributed by atoms with van der Waals surface area (Å²) in [6, 6.07) is 8.94. The zero-order valence-corrected chi connectivity index (χ0v) is 14.6. The molecule has 0 fully saturated rings. The van der Waals surface area contributed by atoms with Gasteiger partial charge in [-0.2, -0.15) is 0 Å². The van der Waals surface area contributed by atoms with Crippen LogP contribution >= 0.6 is 11.8 Å². The molecule has 4 heterocycles. The number of anilines is 1. The smallest absolute Gasteiger partial charge is 0.145 e. The molecule has 0 amide bonds. The van der Waals surface area contributed by atoms with Gasteiger partial charge in [0.1, 0.15) is 17.8 Å². The van der Waals surface area contributed by atoms with Gasteiger partial charge in [0.2, 0.25) is 0 Å². The van der Waals surface area contributed by atoms with Crippen LogP contribution in [-0.2, 0) is 13.0 Å². The third-order valence-corrected chi connectivity index (χ3v) is 5.88. The van der Waals surface area contributed by atoms with Crippen molar-refractivity contribution in [2.45, 2.75) is 13.0 Å². The van der Waals surface area contributed by atoms with E-state index < -0.39 is 0 Å². The van der Waals surface area contributed by atoms with E-state index in [4.69, 9.17) is 0 Å². The fraction of sp³-hybridized carbons (Fsp3) is 0.263. The number of aromatic amines is 1. The SMILES string of the molecule is C1=C(c2ccc3c(c2)CNCC3)SCCN1c1ncnc2[nH]ccc12. The third-order valence-electron chi connectivity index (χ3n) is 4.85. The van der Waals surface area contributed by atoms with Crippen molar-refractivity contribution < 1.29 is 0 Å². The fourth-order valence-corrected chi connectivity index (χ4v) is 4.55. The van der Waals surface area contributed by atoms with Gasteiger partial charge < -0.3 is 15.2 Å². The van der Waals surface area contributed by atoms with E-state index in [1.807, 2.05) is 24.0 Å². The van der Waals surface area contributed by atoms with Crippen LogP contribution in [0.5, 0.6) is 0 Å². The van der Waals surface area contributed by atoms with Gasteiger partial charge in [0.15, 0.2) is 0 Å². The molecule has 0 unspecified atom stereocenters. The van der Waals surface area contributed by atoms with E-state index in [1.165, 1.54) is 21.6 Å². The number of H-pyrrole nitrogens is 1. The second kappa shape index (κ2) is 6.20. The highest BCUT2D eigenvalue weighted by Crippen LogP contribution is 2.35. The fourth-order valence-electron chi connectivity index (χ4n) is 3.54. The molecule has 5 nitrogen and oxygen atoms in total. The molecule has 0 atom stereocenters. The van der Waals surface area contributed by atoms with Crippen LogP contribution in [0.1, 0.15) is 16.7 Å². The van der Waals surface area contributed by atoms with Crippen LogP contribution in [0.25, 0.3) is 15.9 Å². The Kier molecular flexibility index (Phi) is 3.72. The molecule has 0 aliphatic carbocycles. The lowest BCUT2D eigenvalue weighted by molar-refractivity contribution is 0.643. The maximum atomic E-state index is 4.53. The Labute approximate surface area is 150 Å². The van der Waals surface area contributed by atoms with E-state index in [0.717, 1.165) is 48.7 Å². The number of nitrogens with zero attached hydrogens (tertiary/aromatic N) is 3. The van der Waals surface area contributed by atoms with Crippen molar-refractivity contribution in [3.05, 3.63) is 59.7 Å². The lowest BCUT2D eigenvalue weighted by Gasteiger charge is -2.26. The number of fused-ring (bicyclic) bond motifs is 2. The molecule has 2 N–H and O–H groups in total. The van der Waals surface area contributed by atoms with Crippen molar-refractivity contribution in [3.8, 4) is 0 Å². The summed E-state index contributed by atoms with van der Waals surface area (Å²) in [6.07, 6.45) is 6.91. The Bertz CT molecular complexity index is 961. The topological polar surface area (TPSA) is 56.8 Å². The molecule has 1 aromatic carbocycles. The molecular weight excluding hydrogens is 330 g/mol. The molecule has 5 rings (SSSR count). The first-order valence-corrected chi connectivity index (χ1v) is 9.59. The van der Waals surface area contributed by atoms with E-state index in [2.05, 4.69) is 49.6 Å². The number of hydrogen-bond acceptors (Lipinski definition) is 5. The van der Waals surface area contributed by atoms with Crippen LogP contribution in [0.3, 0.4) is 0 Å². The van der Waals surface area contributed by atoms with Crippen LogP contribution in [0, 0.1) is 0 Å². The Morgan fingerprint density at radius 1 is 1.12 bits per heavy atom. The van der Waals surface area contributed by atoms with Gasteiger partial charge in [-0.3, -0.25) is 0 Å². The van der Waals surface area contributed by atoms with Gasteiger partial charge in [-0.1, -0.05) is 12.1 Å². The predicted molar refractivity (Wildman–Crippen MR) is 104 cm³/mol. The van der Waals surface area contributed by atoms with Gasteiger partial charge in [-0.15, -0.1) is 11.8 Å². The number of benzene rings is 1. The number of hydrogen-bond donors (Lipinski definition) is 2. The van der Waals surface area contributed by atoms with Gasteiger partial charge in [-0.25, -0.2) is 9.97 Å². The maximum Gasteiger partial charge on any atom is 0.145 e. The number of aromatic nitrogens is 3. The van der Waals surface area contributed by atoms with Crippen molar-refractivity contribution in [2.75, 3.05) is 23.7 Å². The Balaban J connectivity index is 1.53. The van der Waals surface area contributed by atoms with Crippen LogP contribution < -0.4 is 10.2 Å². The lowest BCUT2D eigenvalue weighted by Crippen LogP contribution is -2.25. The maximum absolute atomic E-state index is 4.53. The summed E-state index contributed by atoms with van der Waals surface area (Å²) in [5, 5.41) is 4.53. The van der Waals surface area contributed by atoms with E-state index in [-0.39, 0.29) is 0 Å². The van der Waals surface area contributed by atoms with Crippen molar-refractivity contribution in [1.29, 1.82) is 0 Å². The Morgan fingerprint density at radius 2 is 2.12 bits per heavy atom. The number of nitrogens with one attached hydrogen (secondary N) is 2. The molecule has 2 aromatic heterocycles. The molecule has 2 aliphatic rings. The Hall–Kier alpha value is -2.31. The van der Waals surface area contributed by atoms with E-state index in [1.54, 1.807) is 6.33 Å². The molecule has 0 radical (unpaired) electrons. The summed E-state index contributed by atoms with van der Waals surface area (Å²) in [4.78, 5) is 15.6. The summed E-state index contributed by atoms with van der Waals surface area (Å²) in [6.45, 7) is 3.01. The monoisotopic (exact) mass is 349 g/mol. The van der Waals surface area contributed by atoms with Crippen molar-refractivity contribution in [2.24, 2.45) is 0 Å². The van der Waals surface area contributed by atoms with Crippen molar-refractivity contribution in [3.63, 3.8) is 0 Å². The molecule has 0 spiro atoms. The molecule has 6 heteroatoms. The molecule has 25 heavy (non-hydrogen) atoms. The van der Waals surface area contributed by atoms with Crippen LogP contribution in [0.2, 0.25) is 0 Å². The van der Waals surface area contributed by atoms with Gasteiger partial charge in [-0.05, 0) is 41.8 Å². The summed E-state index contributed by atoms with van der Waals surface area (Å²) in [5.74, 6) is 2.03. The quantitative estimate of drug-likeness (QED) is 0.744. The molecule has 2 aliphatic heterocycles.